The van der Waals surface area contributed by atoms with Gasteiger partial charge in [0, 0.05) is 20.3 Å². The van der Waals surface area contributed by atoms with Gasteiger partial charge in [-0.25, -0.2) is 0 Å². The van der Waals surface area contributed by atoms with Crippen molar-refractivity contribution >= 4 is 5.84 Å². The summed E-state index contributed by atoms with van der Waals surface area (Å²) in [6, 6.07) is 1.59. The molecule has 0 atom stereocenters. The van der Waals surface area contributed by atoms with Crippen LogP contribution in [0.3, 0.4) is 0 Å². The molecule has 7 nitrogen and oxygen atoms in total. The minimum Gasteiger partial charge on any atom is -0.474 e. The van der Waals surface area contributed by atoms with Gasteiger partial charge in [0.25, 0.3) is 0 Å². The molecule has 1 rings (SSSR count). The first-order valence-electron chi connectivity index (χ1n) is 5.61. The van der Waals surface area contributed by atoms with Crippen LogP contribution in [-0.4, -0.2) is 49.6 Å². The molecule has 0 unspecified atom stereocenters. The van der Waals surface area contributed by atoms with E-state index < -0.39 is 0 Å². The number of rotatable bonds is 9. The van der Waals surface area contributed by atoms with Crippen LogP contribution in [0.1, 0.15) is 12.0 Å². The average molecular weight is 254 g/mol. The van der Waals surface area contributed by atoms with Gasteiger partial charge in [0.05, 0.1) is 18.4 Å². The van der Waals surface area contributed by atoms with Gasteiger partial charge in [-0.05, 0) is 12.5 Å². The highest BCUT2D eigenvalue weighted by Gasteiger charge is 2.07. The highest BCUT2D eigenvalue weighted by molar-refractivity contribution is 5.96. The van der Waals surface area contributed by atoms with E-state index in [-0.39, 0.29) is 11.7 Å². The standard InChI is InChI=1S/C11H18N4O3/c1-16-5-2-6-17-7-8-18-11-9(10(12)13)3-4-14-15-11/h3-4H,2,5-8H2,1H3,(H3,12,13). The van der Waals surface area contributed by atoms with E-state index in [1.165, 1.54) is 6.20 Å². The molecule has 100 valence electrons. The number of nitrogens with one attached hydrogen (secondary N) is 1. The summed E-state index contributed by atoms with van der Waals surface area (Å²) < 4.78 is 15.6. The average Bonchev–Trinajstić information content (AvgIpc) is 2.38. The smallest absolute Gasteiger partial charge is 0.244 e. The van der Waals surface area contributed by atoms with Gasteiger partial charge in [0.15, 0.2) is 0 Å². The number of nitrogens with two attached hydrogens (primary N) is 1. The highest BCUT2D eigenvalue weighted by atomic mass is 16.5. The molecule has 0 radical (unpaired) electrons. The molecule has 0 aliphatic heterocycles. The van der Waals surface area contributed by atoms with Crippen molar-refractivity contribution in [2.75, 3.05) is 33.5 Å². The molecule has 18 heavy (non-hydrogen) atoms. The SMILES string of the molecule is COCCCOCCOc1nnccc1C(=N)N. The first-order chi connectivity index (χ1) is 8.75. The lowest BCUT2D eigenvalue weighted by Gasteiger charge is -2.08. The molecule has 1 aromatic rings. The molecule has 0 fully saturated rings. The first kappa shape index (κ1) is 14.3. The third-order valence-corrected chi connectivity index (χ3v) is 2.08. The number of aromatic nitrogens is 2. The number of hydrogen-bond donors (Lipinski definition) is 2. The zero-order valence-electron chi connectivity index (χ0n) is 10.4. The second-order valence-electron chi connectivity index (χ2n) is 3.47. The Hall–Kier alpha value is -1.73. The molecular formula is C11H18N4O3. The number of nitrogens with zero attached hydrogens (tertiary/aromatic N) is 2. The Morgan fingerprint density at radius 3 is 2.89 bits per heavy atom. The molecule has 1 heterocycles. The molecule has 0 aliphatic carbocycles. The Morgan fingerprint density at radius 2 is 2.17 bits per heavy atom. The summed E-state index contributed by atoms with van der Waals surface area (Å²) in [7, 11) is 1.65. The summed E-state index contributed by atoms with van der Waals surface area (Å²) in [5.74, 6) is 0.159. The maximum Gasteiger partial charge on any atom is 0.244 e. The summed E-state index contributed by atoms with van der Waals surface area (Å²) in [6.07, 6.45) is 2.31. The van der Waals surface area contributed by atoms with E-state index in [1.807, 2.05) is 0 Å². The fourth-order valence-corrected chi connectivity index (χ4v) is 1.24. The number of methoxy groups -OCH3 is 1. The van der Waals surface area contributed by atoms with E-state index in [1.54, 1.807) is 13.2 Å². The summed E-state index contributed by atoms with van der Waals surface area (Å²) in [4.78, 5) is 0. The highest BCUT2D eigenvalue weighted by Crippen LogP contribution is 2.11. The van der Waals surface area contributed by atoms with Crippen molar-refractivity contribution in [2.24, 2.45) is 5.73 Å². The Morgan fingerprint density at radius 1 is 1.33 bits per heavy atom. The number of hydrogen-bond acceptors (Lipinski definition) is 6. The number of amidine groups is 1. The molecule has 0 spiro atoms. The van der Waals surface area contributed by atoms with Crippen LogP contribution in [0.15, 0.2) is 12.3 Å². The fraction of sp³-hybridized carbons (Fsp3) is 0.545. The van der Waals surface area contributed by atoms with Gasteiger partial charge in [-0.15, -0.1) is 5.10 Å². The van der Waals surface area contributed by atoms with E-state index in [9.17, 15) is 0 Å². The molecule has 7 heteroatoms. The largest absolute Gasteiger partial charge is 0.474 e. The van der Waals surface area contributed by atoms with E-state index in [0.29, 0.717) is 32.0 Å². The summed E-state index contributed by atoms with van der Waals surface area (Å²) in [6.45, 7) is 2.08. The number of nitrogen functional groups attached to an aromatic ring is 1. The van der Waals surface area contributed by atoms with Gasteiger partial charge < -0.3 is 19.9 Å². The van der Waals surface area contributed by atoms with E-state index in [4.69, 9.17) is 25.4 Å². The molecule has 0 bridgehead atoms. The molecular weight excluding hydrogens is 236 g/mol. The predicted molar refractivity (Wildman–Crippen MR) is 65.9 cm³/mol. The van der Waals surface area contributed by atoms with Gasteiger partial charge in [-0.3, -0.25) is 5.41 Å². The van der Waals surface area contributed by atoms with Crippen molar-refractivity contribution in [1.29, 1.82) is 5.41 Å². The van der Waals surface area contributed by atoms with Crippen LogP contribution in [0.2, 0.25) is 0 Å². The Balaban J connectivity index is 2.25. The molecule has 0 amide bonds. The van der Waals surface area contributed by atoms with Crippen molar-refractivity contribution in [3.05, 3.63) is 17.8 Å². The normalized spacial score (nSPS) is 10.3. The minimum atomic E-state index is -0.0964. The molecule has 0 aliphatic rings. The predicted octanol–water partition coefficient (Wildman–Crippen LogP) is 0.193. The Bertz CT molecular complexity index is 373. The molecule has 0 aromatic carbocycles. The molecule has 3 N–H and O–H groups in total. The van der Waals surface area contributed by atoms with E-state index >= 15 is 0 Å². The van der Waals surface area contributed by atoms with E-state index in [0.717, 1.165) is 6.42 Å². The maximum atomic E-state index is 7.35. The molecule has 0 saturated heterocycles. The van der Waals surface area contributed by atoms with Crippen LogP contribution in [0.5, 0.6) is 5.88 Å². The lowest BCUT2D eigenvalue weighted by molar-refractivity contribution is 0.0792. The van der Waals surface area contributed by atoms with Crippen molar-refractivity contribution in [2.45, 2.75) is 6.42 Å². The maximum absolute atomic E-state index is 7.35. The van der Waals surface area contributed by atoms with Crippen LogP contribution in [-0.2, 0) is 9.47 Å². The second-order valence-corrected chi connectivity index (χ2v) is 3.47. The van der Waals surface area contributed by atoms with Crippen LogP contribution in [0, 0.1) is 5.41 Å². The third kappa shape index (κ3) is 5.07. The Labute approximate surface area is 106 Å². The van der Waals surface area contributed by atoms with Gasteiger partial charge in [0.1, 0.15) is 12.4 Å². The van der Waals surface area contributed by atoms with Gasteiger partial charge >= 0.3 is 0 Å². The van der Waals surface area contributed by atoms with Crippen molar-refractivity contribution in [3.8, 4) is 5.88 Å². The van der Waals surface area contributed by atoms with Crippen LogP contribution in [0.4, 0.5) is 0 Å². The quantitative estimate of drug-likeness (QED) is 0.370. The first-order valence-corrected chi connectivity index (χ1v) is 5.61. The summed E-state index contributed by atoms with van der Waals surface area (Å²) in [5, 5.41) is 14.8. The third-order valence-electron chi connectivity index (χ3n) is 2.08. The topological polar surface area (TPSA) is 103 Å². The summed E-state index contributed by atoms with van der Waals surface area (Å²) >= 11 is 0. The van der Waals surface area contributed by atoms with Crippen molar-refractivity contribution < 1.29 is 14.2 Å². The molecule has 0 saturated carbocycles. The lowest BCUT2D eigenvalue weighted by atomic mass is 10.3. The van der Waals surface area contributed by atoms with Crippen molar-refractivity contribution in [3.63, 3.8) is 0 Å². The zero-order chi connectivity index (χ0) is 13.2. The van der Waals surface area contributed by atoms with Crippen molar-refractivity contribution in [1.82, 2.24) is 10.2 Å². The van der Waals surface area contributed by atoms with Crippen LogP contribution >= 0.6 is 0 Å². The van der Waals surface area contributed by atoms with Gasteiger partial charge in [-0.1, -0.05) is 0 Å². The fourth-order valence-electron chi connectivity index (χ4n) is 1.24. The second kappa shape index (κ2) is 8.37. The summed E-state index contributed by atoms with van der Waals surface area (Å²) in [5.41, 5.74) is 5.82. The number of ether oxygens (including phenoxy) is 3. The van der Waals surface area contributed by atoms with Gasteiger partial charge in [0.2, 0.25) is 5.88 Å². The monoisotopic (exact) mass is 254 g/mol. The van der Waals surface area contributed by atoms with E-state index in [2.05, 4.69) is 10.2 Å². The minimum absolute atomic E-state index is 0.0964. The van der Waals surface area contributed by atoms with Crippen LogP contribution in [0.25, 0.3) is 0 Å². The lowest BCUT2D eigenvalue weighted by Crippen LogP contribution is -2.16. The zero-order valence-corrected chi connectivity index (χ0v) is 10.4. The molecule has 1 aromatic heterocycles. The Kier molecular flexibility index (Phi) is 6.67. The van der Waals surface area contributed by atoms with Crippen LogP contribution < -0.4 is 10.5 Å². The van der Waals surface area contributed by atoms with Gasteiger partial charge in [-0.2, -0.15) is 5.10 Å².